The zero-order valence-corrected chi connectivity index (χ0v) is 8.98. The molecule has 0 spiro atoms. The van der Waals surface area contributed by atoms with Gasteiger partial charge in [0.15, 0.2) is 0 Å². The van der Waals surface area contributed by atoms with Crippen LogP contribution in [0.1, 0.15) is 27.2 Å². The van der Waals surface area contributed by atoms with Crippen molar-refractivity contribution in [2.45, 2.75) is 27.2 Å². The SMILES string of the molecule is CC.CCC(=O)N(C)CCNC. The normalized spacial score (nSPS) is 8.42. The van der Waals surface area contributed by atoms with Crippen LogP contribution in [0.25, 0.3) is 0 Å². The van der Waals surface area contributed by atoms with Crippen molar-refractivity contribution in [3.63, 3.8) is 0 Å². The third-order valence-corrected chi connectivity index (χ3v) is 1.43. The molecule has 0 unspecified atom stereocenters. The Labute approximate surface area is 76.1 Å². The summed E-state index contributed by atoms with van der Waals surface area (Å²) in [5, 5.41) is 2.98. The van der Waals surface area contributed by atoms with Gasteiger partial charge < -0.3 is 10.2 Å². The fourth-order valence-electron chi connectivity index (χ4n) is 0.674. The third-order valence-electron chi connectivity index (χ3n) is 1.43. The van der Waals surface area contributed by atoms with Crippen molar-refractivity contribution in [1.29, 1.82) is 0 Å². The summed E-state index contributed by atoms with van der Waals surface area (Å²) in [5.74, 6) is 0.204. The maximum Gasteiger partial charge on any atom is 0.222 e. The van der Waals surface area contributed by atoms with Gasteiger partial charge in [-0.3, -0.25) is 4.79 Å². The van der Waals surface area contributed by atoms with Gasteiger partial charge in [0.25, 0.3) is 0 Å². The number of hydrogen-bond acceptors (Lipinski definition) is 2. The Kier molecular flexibility index (Phi) is 12.2. The molecule has 0 aliphatic heterocycles. The molecule has 74 valence electrons. The molecule has 0 bridgehead atoms. The number of nitrogens with zero attached hydrogens (tertiary/aromatic N) is 1. The summed E-state index contributed by atoms with van der Waals surface area (Å²) in [4.78, 5) is 12.6. The Balaban J connectivity index is 0. The first-order valence-corrected chi connectivity index (χ1v) is 4.61. The molecule has 0 aliphatic rings. The van der Waals surface area contributed by atoms with Crippen LogP contribution in [0.5, 0.6) is 0 Å². The van der Waals surface area contributed by atoms with Gasteiger partial charge in [0, 0.05) is 26.6 Å². The van der Waals surface area contributed by atoms with Gasteiger partial charge in [0.05, 0.1) is 0 Å². The minimum absolute atomic E-state index is 0.204. The van der Waals surface area contributed by atoms with Crippen molar-refractivity contribution in [3.05, 3.63) is 0 Å². The molecule has 0 aromatic carbocycles. The summed E-state index contributed by atoms with van der Waals surface area (Å²) < 4.78 is 0. The summed E-state index contributed by atoms with van der Waals surface area (Å²) >= 11 is 0. The van der Waals surface area contributed by atoms with E-state index >= 15 is 0 Å². The molecular formula is C9H22N2O. The van der Waals surface area contributed by atoms with Gasteiger partial charge in [-0.1, -0.05) is 20.8 Å². The van der Waals surface area contributed by atoms with E-state index in [1.54, 1.807) is 4.90 Å². The lowest BCUT2D eigenvalue weighted by Gasteiger charge is -2.15. The molecule has 0 rings (SSSR count). The van der Waals surface area contributed by atoms with E-state index in [1.807, 2.05) is 34.9 Å². The molecule has 0 aromatic heterocycles. The van der Waals surface area contributed by atoms with Crippen LogP contribution in [-0.4, -0.2) is 38.0 Å². The largest absolute Gasteiger partial charge is 0.344 e. The predicted octanol–water partition coefficient (Wildman–Crippen LogP) is 1.10. The minimum Gasteiger partial charge on any atom is -0.344 e. The van der Waals surface area contributed by atoms with Crippen LogP contribution >= 0.6 is 0 Å². The summed E-state index contributed by atoms with van der Waals surface area (Å²) in [6.45, 7) is 7.53. The van der Waals surface area contributed by atoms with E-state index in [0.717, 1.165) is 13.1 Å². The molecule has 0 saturated heterocycles. The summed E-state index contributed by atoms with van der Waals surface area (Å²) in [7, 11) is 3.70. The smallest absolute Gasteiger partial charge is 0.222 e. The van der Waals surface area contributed by atoms with Crippen molar-refractivity contribution in [3.8, 4) is 0 Å². The van der Waals surface area contributed by atoms with Gasteiger partial charge in [-0.15, -0.1) is 0 Å². The molecule has 0 aliphatic carbocycles. The highest BCUT2D eigenvalue weighted by Gasteiger charge is 2.02. The molecule has 0 atom stereocenters. The number of nitrogens with one attached hydrogen (secondary N) is 1. The molecule has 0 heterocycles. The Morgan fingerprint density at radius 3 is 2.25 bits per heavy atom. The maximum atomic E-state index is 10.9. The Hall–Kier alpha value is -0.570. The zero-order valence-electron chi connectivity index (χ0n) is 8.98. The maximum absolute atomic E-state index is 10.9. The average molecular weight is 174 g/mol. The lowest BCUT2D eigenvalue weighted by molar-refractivity contribution is -0.129. The molecule has 12 heavy (non-hydrogen) atoms. The van der Waals surface area contributed by atoms with Crippen molar-refractivity contribution < 1.29 is 4.79 Å². The van der Waals surface area contributed by atoms with Gasteiger partial charge >= 0.3 is 0 Å². The summed E-state index contributed by atoms with van der Waals surface area (Å²) in [6, 6.07) is 0. The van der Waals surface area contributed by atoms with Crippen LogP contribution in [-0.2, 0) is 4.79 Å². The fraction of sp³-hybridized carbons (Fsp3) is 0.889. The number of hydrogen-bond donors (Lipinski definition) is 1. The number of likely N-dealkylation sites (N-methyl/N-ethyl adjacent to an activating group) is 2. The van der Waals surface area contributed by atoms with Crippen LogP contribution in [0.3, 0.4) is 0 Å². The molecule has 0 aromatic rings. The first-order chi connectivity index (χ1) is 5.72. The van der Waals surface area contributed by atoms with Crippen molar-refractivity contribution in [1.82, 2.24) is 10.2 Å². The standard InChI is InChI=1S/C7H16N2O.C2H6/c1-4-7(10)9(3)6-5-8-2;1-2/h8H,4-6H2,1-3H3;1-2H3. The van der Waals surface area contributed by atoms with E-state index in [4.69, 9.17) is 0 Å². The Morgan fingerprint density at radius 2 is 1.92 bits per heavy atom. The van der Waals surface area contributed by atoms with Gasteiger partial charge in [-0.05, 0) is 7.05 Å². The summed E-state index contributed by atoms with van der Waals surface area (Å²) in [6.07, 6.45) is 0.597. The van der Waals surface area contributed by atoms with Gasteiger partial charge in [0.2, 0.25) is 5.91 Å². The molecule has 0 radical (unpaired) electrons. The highest BCUT2D eigenvalue weighted by molar-refractivity contribution is 5.75. The lowest BCUT2D eigenvalue weighted by atomic mass is 10.4. The molecule has 3 heteroatoms. The van der Waals surface area contributed by atoms with Crippen LogP contribution in [0.4, 0.5) is 0 Å². The van der Waals surface area contributed by atoms with Crippen LogP contribution in [0.2, 0.25) is 0 Å². The average Bonchev–Trinajstić information content (AvgIpc) is 2.16. The molecule has 0 saturated carbocycles. The van der Waals surface area contributed by atoms with Gasteiger partial charge in [-0.25, -0.2) is 0 Å². The molecule has 1 amide bonds. The van der Waals surface area contributed by atoms with Crippen molar-refractivity contribution in [2.24, 2.45) is 0 Å². The van der Waals surface area contributed by atoms with Crippen LogP contribution in [0.15, 0.2) is 0 Å². The first-order valence-electron chi connectivity index (χ1n) is 4.61. The van der Waals surface area contributed by atoms with Gasteiger partial charge in [-0.2, -0.15) is 0 Å². The number of amides is 1. The predicted molar refractivity (Wildman–Crippen MR) is 53.2 cm³/mol. The topological polar surface area (TPSA) is 32.3 Å². The monoisotopic (exact) mass is 174 g/mol. The van der Waals surface area contributed by atoms with E-state index < -0.39 is 0 Å². The Bertz CT molecular complexity index is 105. The van der Waals surface area contributed by atoms with Crippen molar-refractivity contribution >= 4 is 5.91 Å². The van der Waals surface area contributed by atoms with Crippen LogP contribution < -0.4 is 5.32 Å². The second-order valence-electron chi connectivity index (χ2n) is 2.27. The highest BCUT2D eigenvalue weighted by atomic mass is 16.2. The van der Waals surface area contributed by atoms with Crippen LogP contribution in [0, 0.1) is 0 Å². The fourth-order valence-corrected chi connectivity index (χ4v) is 0.674. The van der Waals surface area contributed by atoms with E-state index in [2.05, 4.69) is 5.32 Å². The molecule has 3 nitrogen and oxygen atoms in total. The number of carbonyl (C=O) groups is 1. The van der Waals surface area contributed by atoms with Crippen molar-refractivity contribution in [2.75, 3.05) is 27.2 Å². The minimum atomic E-state index is 0.204. The molecular weight excluding hydrogens is 152 g/mol. The first kappa shape index (κ1) is 14.0. The van der Waals surface area contributed by atoms with E-state index in [9.17, 15) is 4.79 Å². The van der Waals surface area contributed by atoms with E-state index in [0.29, 0.717) is 6.42 Å². The third kappa shape index (κ3) is 7.54. The summed E-state index contributed by atoms with van der Waals surface area (Å²) in [5.41, 5.74) is 0. The highest BCUT2D eigenvalue weighted by Crippen LogP contribution is 1.86. The lowest BCUT2D eigenvalue weighted by Crippen LogP contribution is -2.32. The zero-order chi connectivity index (χ0) is 9.98. The quantitative estimate of drug-likeness (QED) is 0.692. The second-order valence-corrected chi connectivity index (χ2v) is 2.27. The van der Waals surface area contributed by atoms with E-state index in [1.165, 1.54) is 0 Å². The number of rotatable bonds is 4. The van der Waals surface area contributed by atoms with E-state index in [-0.39, 0.29) is 5.91 Å². The van der Waals surface area contributed by atoms with Gasteiger partial charge in [0.1, 0.15) is 0 Å². The Morgan fingerprint density at radius 1 is 1.42 bits per heavy atom. The molecule has 0 fully saturated rings. The number of carbonyl (C=O) groups excluding carboxylic acids is 1. The second kappa shape index (κ2) is 10.4. The molecule has 1 N–H and O–H groups in total.